The molecule has 0 aliphatic heterocycles. The van der Waals surface area contributed by atoms with Gasteiger partial charge in [0, 0.05) is 10.9 Å². The van der Waals surface area contributed by atoms with Crippen LogP contribution in [0.2, 0.25) is 0 Å². The standard InChI is InChI=1S/C16H16Br2O3/c1-19-14-7-6-11(8-13(14)18)10-21-16-12(9-17)4-3-5-15(16)20-2/h3-8H,9-10H2,1-2H3. The van der Waals surface area contributed by atoms with Crippen LogP contribution in [0.5, 0.6) is 17.2 Å². The molecule has 0 spiro atoms. The molecule has 5 heteroatoms. The van der Waals surface area contributed by atoms with Gasteiger partial charge in [-0.05, 0) is 39.7 Å². The average Bonchev–Trinajstić information content (AvgIpc) is 2.52. The Kier molecular flexibility index (Phi) is 5.94. The SMILES string of the molecule is COc1ccc(COc2c(CBr)cccc2OC)cc1Br. The lowest BCUT2D eigenvalue weighted by Gasteiger charge is -2.14. The third-order valence-electron chi connectivity index (χ3n) is 3.02. The molecule has 2 aromatic carbocycles. The van der Waals surface area contributed by atoms with Gasteiger partial charge in [0.1, 0.15) is 12.4 Å². The maximum absolute atomic E-state index is 5.95. The molecule has 0 aromatic heterocycles. The van der Waals surface area contributed by atoms with Gasteiger partial charge in [0.2, 0.25) is 0 Å². The highest BCUT2D eigenvalue weighted by Gasteiger charge is 2.10. The Morgan fingerprint density at radius 1 is 1.00 bits per heavy atom. The third-order valence-corrected chi connectivity index (χ3v) is 4.25. The molecule has 0 saturated heterocycles. The van der Waals surface area contributed by atoms with Gasteiger partial charge in [-0.25, -0.2) is 0 Å². The summed E-state index contributed by atoms with van der Waals surface area (Å²) in [5, 5.41) is 0.714. The largest absolute Gasteiger partial charge is 0.496 e. The van der Waals surface area contributed by atoms with Crippen molar-refractivity contribution in [2.75, 3.05) is 14.2 Å². The molecule has 3 nitrogen and oxygen atoms in total. The van der Waals surface area contributed by atoms with E-state index in [0.29, 0.717) is 11.9 Å². The Hall–Kier alpha value is -1.20. The summed E-state index contributed by atoms with van der Waals surface area (Å²) in [5.74, 6) is 2.31. The average molecular weight is 416 g/mol. The van der Waals surface area contributed by atoms with Crippen LogP contribution in [0.15, 0.2) is 40.9 Å². The van der Waals surface area contributed by atoms with Crippen molar-refractivity contribution in [3.8, 4) is 17.2 Å². The molecule has 2 rings (SSSR count). The van der Waals surface area contributed by atoms with Crippen LogP contribution in [-0.4, -0.2) is 14.2 Å². The predicted molar refractivity (Wildman–Crippen MR) is 90.7 cm³/mol. The first-order valence-electron chi connectivity index (χ1n) is 6.36. The van der Waals surface area contributed by atoms with E-state index in [2.05, 4.69) is 31.9 Å². The maximum Gasteiger partial charge on any atom is 0.165 e. The summed E-state index contributed by atoms with van der Waals surface area (Å²) in [6, 6.07) is 11.7. The first-order chi connectivity index (χ1) is 10.2. The molecule has 2 aromatic rings. The minimum Gasteiger partial charge on any atom is -0.496 e. The summed E-state index contributed by atoms with van der Waals surface area (Å²) in [7, 11) is 3.29. The van der Waals surface area contributed by atoms with Crippen molar-refractivity contribution in [2.24, 2.45) is 0 Å². The number of halogens is 2. The zero-order valence-corrected chi connectivity index (χ0v) is 15.0. The van der Waals surface area contributed by atoms with Crippen LogP contribution >= 0.6 is 31.9 Å². The second kappa shape index (κ2) is 7.71. The summed E-state index contributed by atoms with van der Waals surface area (Å²) in [4.78, 5) is 0. The van der Waals surface area contributed by atoms with Crippen LogP contribution in [0, 0.1) is 0 Å². The first-order valence-corrected chi connectivity index (χ1v) is 8.28. The number of benzene rings is 2. The molecule has 0 amide bonds. The van der Waals surface area contributed by atoms with Crippen molar-refractivity contribution in [3.63, 3.8) is 0 Å². The van der Waals surface area contributed by atoms with Crippen molar-refractivity contribution >= 4 is 31.9 Å². The third kappa shape index (κ3) is 3.92. The van der Waals surface area contributed by atoms with E-state index in [9.17, 15) is 0 Å². The summed E-state index contributed by atoms with van der Waals surface area (Å²) in [5.41, 5.74) is 2.11. The minimum absolute atomic E-state index is 0.461. The van der Waals surface area contributed by atoms with E-state index in [0.717, 1.165) is 32.8 Å². The number of ether oxygens (including phenoxy) is 3. The number of para-hydroxylation sites is 1. The van der Waals surface area contributed by atoms with E-state index < -0.39 is 0 Å². The van der Waals surface area contributed by atoms with Crippen molar-refractivity contribution in [3.05, 3.63) is 52.0 Å². The van der Waals surface area contributed by atoms with E-state index >= 15 is 0 Å². The van der Waals surface area contributed by atoms with Crippen LogP contribution in [0.1, 0.15) is 11.1 Å². The van der Waals surface area contributed by atoms with Crippen LogP contribution in [0.3, 0.4) is 0 Å². The van der Waals surface area contributed by atoms with Gasteiger partial charge in [-0.1, -0.05) is 34.1 Å². The van der Waals surface area contributed by atoms with Crippen LogP contribution in [-0.2, 0) is 11.9 Å². The first kappa shape index (κ1) is 16.2. The van der Waals surface area contributed by atoms with Crippen molar-refractivity contribution in [1.29, 1.82) is 0 Å². The molecular weight excluding hydrogens is 400 g/mol. The van der Waals surface area contributed by atoms with Gasteiger partial charge in [0.05, 0.1) is 18.7 Å². The predicted octanol–water partition coefficient (Wildman–Crippen LogP) is 4.94. The monoisotopic (exact) mass is 414 g/mol. The van der Waals surface area contributed by atoms with Gasteiger partial charge in [-0.2, -0.15) is 0 Å². The van der Waals surface area contributed by atoms with E-state index in [4.69, 9.17) is 14.2 Å². The molecule has 21 heavy (non-hydrogen) atoms. The highest BCUT2D eigenvalue weighted by Crippen LogP contribution is 2.33. The molecule has 0 fully saturated rings. The molecule has 0 saturated carbocycles. The fourth-order valence-corrected chi connectivity index (χ4v) is 2.98. The topological polar surface area (TPSA) is 27.7 Å². The lowest BCUT2D eigenvalue weighted by atomic mass is 10.2. The fourth-order valence-electron chi connectivity index (χ4n) is 1.95. The molecule has 0 N–H and O–H groups in total. The second-order valence-corrected chi connectivity index (χ2v) is 5.75. The Morgan fingerprint density at radius 2 is 1.76 bits per heavy atom. The van der Waals surface area contributed by atoms with Crippen molar-refractivity contribution in [2.45, 2.75) is 11.9 Å². The lowest BCUT2D eigenvalue weighted by Crippen LogP contribution is -2.00. The smallest absolute Gasteiger partial charge is 0.165 e. The molecule has 112 valence electrons. The van der Waals surface area contributed by atoms with Gasteiger partial charge in [0.25, 0.3) is 0 Å². The molecule has 0 radical (unpaired) electrons. The van der Waals surface area contributed by atoms with Crippen molar-refractivity contribution < 1.29 is 14.2 Å². The number of hydrogen-bond acceptors (Lipinski definition) is 3. The molecule has 0 aliphatic carbocycles. The molecular formula is C16H16Br2O3. The van der Waals surface area contributed by atoms with E-state index in [1.54, 1.807) is 14.2 Å². The summed E-state index contributed by atoms with van der Waals surface area (Å²) in [6.45, 7) is 0.461. The van der Waals surface area contributed by atoms with Gasteiger partial charge >= 0.3 is 0 Å². The van der Waals surface area contributed by atoms with E-state index in [1.165, 1.54) is 0 Å². The maximum atomic E-state index is 5.95. The lowest BCUT2D eigenvalue weighted by molar-refractivity contribution is 0.282. The van der Waals surface area contributed by atoms with Gasteiger partial charge in [-0.15, -0.1) is 0 Å². The minimum atomic E-state index is 0.461. The zero-order chi connectivity index (χ0) is 15.2. The number of alkyl halides is 1. The molecule has 0 unspecified atom stereocenters. The van der Waals surface area contributed by atoms with Crippen molar-refractivity contribution in [1.82, 2.24) is 0 Å². The van der Waals surface area contributed by atoms with Crippen LogP contribution in [0.25, 0.3) is 0 Å². The normalized spacial score (nSPS) is 10.3. The van der Waals surface area contributed by atoms with E-state index in [-0.39, 0.29) is 0 Å². The van der Waals surface area contributed by atoms with Crippen LogP contribution in [0.4, 0.5) is 0 Å². The van der Waals surface area contributed by atoms with Gasteiger partial charge in [-0.3, -0.25) is 0 Å². The Labute approximate surface area is 141 Å². The number of hydrogen-bond donors (Lipinski definition) is 0. The molecule has 0 heterocycles. The summed E-state index contributed by atoms with van der Waals surface area (Å²) >= 11 is 6.95. The molecule has 0 atom stereocenters. The highest BCUT2D eigenvalue weighted by molar-refractivity contribution is 9.10. The Bertz CT molecular complexity index is 592. The van der Waals surface area contributed by atoms with Gasteiger partial charge in [0.15, 0.2) is 11.5 Å². The van der Waals surface area contributed by atoms with Crippen LogP contribution < -0.4 is 14.2 Å². The quantitative estimate of drug-likeness (QED) is 0.625. The Morgan fingerprint density at radius 3 is 2.38 bits per heavy atom. The summed E-state index contributed by atoms with van der Waals surface area (Å²) < 4.78 is 17.4. The fraction of sp³-hybridized carbons (Fsp3) is 0.250. The highest BCUT2D eigenvalue weighted by atomic mass is 79.9. The van der Waals surface area contributed by atoms with E-state index in [1.807, 2.05) is 36.4 Å². The van der Waals surface area contributed by atoms with Gasteiger partial charge < -0.3 is 14.2 Å². The number of methoxy groups -OCH3 is 2. The zero-order valence-electron chi connectivity index (χ0n) is 11.9. The second-order valence-electron chi connectivity index (χ2n) is 4.34. The molecule has 0 bridgehead atoms. The number of rotatable bonds is 6. The summed E-state index contributed by atoms with van der Waals surface area (Å²) in [6.07, 6.45) is 0. The molecule has 0 aliphatic rings. The Balaban J connectivity index is 2.18.